The second kappa shape index (κ2) is 5.76. The Balaban J connectivity index is 2.06. The van der Waals surface area contributed by atoms with Crippen LogP contribution >= 0.6 is 11.8 Å². The molecule has 4 heteroatoms. The summed E-state index contributed by atoms with van der Waals surface area (Å²) in [6, 6.07) is 7.68. The molecule has 18 heavy (non-hydrogen) atoms. The largest absolute Gasteiger partial charge is 0.394 e. The van der Waals surface area contributed by atoms with Crippen LogP contribution in [0.5, 0.6) is 0 Å². The Bertz CT molecular complexity index is 424. The van der Waals surface area contributed by atoms with E-state index in [4.69, 9.17) is 0 Å². The summed E-state index contributed by atoms with van der Waals surface area (Å²) in [5.41, 5.74) is 1.47. The van der Waals surface area contributed by atoms with Gasteiger partial charge in [0.1, 0.15) is 0 Å². The summed E-state index contributed by atoms with van der Waals surface area (Å²) >= 11 is 1.74. The van der Waals surface area contributed by atoms with E-state index in [1.165, 1.54) is 0 Å². The Labute approximate surface area is 112 Å². The molecule has 1 aliphatic carbocycles. The van der Waals surface area contributed by atoms with Gasteiger partial charge in [-0.15, -0.1) is 0 Å². The lowest BCUT2D eigenvalue weighted by Gasteiger charge is -2.40. The van der Waals surface area contributed by atoms with Crippen LogP contribution in [-0.2, 0) is 5.75 Å². The Kier molecular flexibility index (Phi) is 4.30. The summed E-state index contributed by atoms with van der Waals surface area (Å²) < 4.78 is 0. The second-order valence-electron chi connectivity index (χ2n) is 4.88. The second-order valence-corrected chi connectivity index (χ2v) is 5.75. The zero-order valence-electron chi connectivity index (χ0n) is 10.6. The van der Waals surface area contributed by atoms with Crippen molar-refractivity contribution >= 4 is 17.7 Å². The van der Waals surface area contributed by atoms with Gasteiger partial charge in [-0.2, -0.15) is 11.8 Å². The quantitative estimate of drug-likeness (QED) is 0.858. The van der Waals surface area contributed by atoms with Crippen LogP contribution in [0.25, 0.3) is 0 Å². The molecule has 0 spiro atoms. The zero-order valence-corrected chi connectivity index (χ0v) is 11.4. The Morgan fingerprint density at radius 2 is 2.28 bits per heavy atom. The van der Waals surface area contributed by atoms with Crippen molar-refractivity contribution in [2.75, 3.05) is 12.9 Å². The summed E-state index contributed by atoms with van der Waals surface area (Å²) in [7, 11) is 0. The van der Waals surface area contributed by atoms with E-state index < -0.39 is 0 Å². The first-order valence-corrected chi connectivity index (χ1v) is 7.60. The fraction of sp³-hybridized carbons (Fsp3) is 0.500. The van der Waals surface area contributed by atoms with Gasteiger partial charge < -0.3 is 10.4 Å². The van der Waals surface area contributed by atoms with Crippen molar-refractivity contribution in [1.29, 1.82) is 0 Å². The summed E-state index contributed by atoms with van der Waals surface area (Å²) in [4.78, 5) is 12.1. The van der Waals surface area contributed by atoms with Crippen molar-refractivity contribution in [3.63, 3.8) is 0 Å². The molecular weight excluding hydrogens is 246 g/mol. The van der Waals surface area contributed by atoms with Gasteiger partial charge in [-0.3, -0.25) is 4.79 Å². The number of carbonyl (C=O) groups excluding carboxylic acids is 1. The van der Waals surface area contributed by atoms with E-state index in [0.717, 1.165) is 30.6 Å². The lowest BCUT2D eigenvalue weighted by molar-refractivity contribution is 0.0641. The fourth-order valence-electron chi connectivity index (χ4n) is 2.21. The zero-order chi connectivity index (χ0) is 13.0. The third-order valence-corrected chi connectivity index (χ3v) is 4.11. The number of amides is 1. The van der Waals surface area contributed by atoms with Gasteiger partial charge in [0.25, 0.3) is 5.91 Å². The maximum Gasteiger partial charge on any atom is 0.251 e. The van der Waals surface area contributed by atoms with Crippen molar-refractivity contribution in [2.45, 2.75) is 30.6 Å². The molecule has 1 aliphatic rings. The van der Waals surface area contributed by atoms with Crippen molar-refractivity contribution in [3.8, 4) is 0 Å². The van der Waals surface area contributed by atoms with Crippen LogP contribution in [0.4, 0.5) is 0 Å². The molecule has 3 nitrogen and oxygen atoms in total. The van der Waals surface area contributed by atoms with E-state index in [9.17, 15) is 9.90 Å². The normalized spacial score (nSPS) is 17.0. The maximum absolute atomic E-state index is 12.1. The average molecular weight is 265 g/mol. The predicted molar refractivity (Wildman–Crippen MR) is 74.8 cm³/mol. The molecule has 1 saturated carbocycles. The molecule has 2 N–H and O–H groups in total. The van der Waals surface area contributed by atoms with Crippen LogP contribution in [0.15, 0.2) is 24.3 Å². The third-order valence-electron chi connectivity index (χ3n) is 3.49. The smallest absolute Gasteiger partial charge is 0.251 e. The van der Waals surface area contributed by atoms with Gasteiger partial charge in [-0.25, -0.2) is 0 Å². The highest BCUT2D eigenvalue weighted by atomic mass is 32.2. The Morgan fingerprint density at radius 1 is 1.50 bits per heavy atom. The Hall–Kier alpha value is -1.00. The van der Waals surface area contributed by atoms with E-state index in [1.54, 1.807) is 11.8 Å². The maximum atomic E-state index is 12.1. The number of benzene rings is 1. The summed E-state index contributed by atoms with van der Waals surface area (Å²) in [6.45, 7) is 0.0310. The number of carbonyl (C=O) groups is 1. The van der Waals surface area contributed by atoms with Crippen LogP contribution in [0, 0.1) is 0 Å². The highest BCUT2D eigenvalue weighted by Gasteiger charge is 2.37. The first-order chi connectivity index (χ1) is 8.69. The van der Waals surface area contributed by atoms with E-state index in [0.29, 0.717) is 5.56 Å². The molecule has 0 aliphatic heterocycles. The molecule has 98 valence electrons. The van der Waals surface area contributed by atoms with Crippen molar-refractivity contribution in [2.24, 2.45) is 0 Å². The summed E-state index contributed by atoms with van der Waals surface area (Å²) in [6.07, 6.45) is 4.87. The average Bonchev–Trinajstić information content (AvgIpc) is 2.34. The SMILES string of the molecule is CSCc1cccc(C(=O)NC2(CO)CCC2)c1. The van der Waals surface area contributed by atoms with Gasteiger partial charge in [0.15, 0.2) is 0 Å². The van der Waals surface area contributed by atoms with Crippen molar-refractivity contribution in [3.05, 3.63) is 35.4 Å². The molecule has 0 heterocycles. The molecule has 0 saturated heterocycles. The third kappa shape index (κ3) is 2.87. The van der Waals surface area contributed by atoms with E-state index in [1.807, 2.05) is 30.5 Å². The van der Waals surface area contributed by atoms with Gasteiger partial charge >= 0.3 is 0 Å². The Morgan fingerprint density at radius 3 is 2.83 bits per heavy atom. The van der Waals surface area contributed by atoms with Gasteiger partial charge in [0.2, 0.25) is 0 Å². The molecule has 0 bridgehead atoms. The highest BCUT2D eigenvalue weighted by Crippen LogP contribution is 2.31. The van der Waals surface area contributed by atoms with Crippen molar-refractivity contribution < 1.29 is 9.90 Å². The number of aliphatic hydroxyl groups is 1. The predicted octanol–water partition coefficient (Wildman–Crippen LogP) is 2.19. The number of hydrogen-bond donors (Lipinski definition) is 2. The topological polar surface area (TPSA) is 49.3 Å². The lowest BCUT2D eigenvalue weighted by Crippen LogP contribution is -2.56. The van der Waals surface area contributed by atoms with Gasteiger partial charge in [-0.05, 0) is 43.2 Å². The summed E-state index contributed by atoms with van der Waals surface area (Å²) in [5.74, 6) is 0.832. The van der Waals surface area contributed by atoms with Gasteiger partial charge in [0, 0.05) is 11.3 Å². The lowest BCUT2D eigenvalue weighted by atomic mass is 9.77. The summed E-state index contributed by atoms with van der Waals surface area (Å²) in [5, 5.41) is 12.3. The number of hydrogen-bond acceptors (Lipinski definition) is 3. The number of aliphatic hydroxyl groups excluding tert-OH is 1. The molecule has 0 atom stereocenters. The standard InChI is InChI=1S/C14H19NO2S/c1-18-9-11-4-2-5-12(8-11)13(17)15-14(10-16)6-3-7-14/h2,4-5,8,16H,3,6-7,9-10H2,1H3,(H,15,17). The molecule has 2 rings (SSSR count). The van der Waals surface area contributed by atoms with E-state index in [-0.39, 0.29) is 18.1 Å². The minimum atomic E-state index is -0.368. The van der Waals surface area contributed by atoms with Gasteiger partial charge in [-0.1, -0.05) is 12.1 Å². The van der Waals surface area contributed by atoms with Crippen LogP contribution in [0.1, 0.15) is 35.2 Å². The molecule has 1 aromatic carbocycles. The molecule has 1 amide bonds. The molecule has 0 radical (unpaired) electrons. The van der Waals surface area contributed by atoms with E-state index in [2.05, 4.69) is 5.32 Å². The number of thioether (sulfide) groups is 1. The molecule has 1 aromatic rings. The number of rotatable bonds is 5. The first kappa shape index (κ1) is 13.4. The minimum absolute atomic E-state index is 0.0310. The molecule has 0 aromatic heterocycles. The van der Waals surface area contributed by atoms with Crippen LogP contribution in [0.3, 0.4) is 0 Å². The monoisotopic (exact) mass is 265 g/mol. The number of nitrogens with one attached hydrogen (secondary N) is 1. The van der Waals surface area contributed by atoms with Crippen LogP contribution in [0.2, 0.25) is 0 Å². The highest BCUT2D eigenvalue weighted by molar-refractivity contribution is 7.97. The van der Waals surface area contributed by atoms with Crippen LogP contribution in [-0.4, -0.2) is 29.4 Å². The van der Waals surface area contributed by atoms with Crippen molar-refractivity contribution in [1.82, 2.24) is 5.32 Å². The fourth-order valence-corrected chi connectivity index (χ4v) is 2.72. The van der Waals surface area contributed by atoms with Gasteiger partial charge in [0.05, 0.1) is 12.1 Å². The molecular formula is C14H19NO2S. The van der Waals surface area contributed by atoms with Crippen LogP contribution < -0.4 is 5.32 Å². The van der Waals surface area contributed by atoms with E-state index >= 15 is 0 Å². The first-order valence-electron chi connectivity index (χ1n) is 6.20. The minimum Gasteiger partial charge on any atom is -0.394 e. The molecule has 1 fully saturated rings. The molecule has 0 unspecified atom stereocenters.